The maximum atomic E-state index is 11.3. The number of rotatable bonds is 8. The van der Waals surface area contributed by atoms with Gasteiger partial charge in [0.15, 0.2) is 0 Å². The molecule has 0 rings (SSSR count). The van der Waals surface area contributed by atoms with Crippen molar-refractivity contribution in [2.24, 2.45) is 0 Å². The molecule has 0 spiro atoms. The number of carbonyl (C=O) groups is 1. The van der Waals surface area contributed by atoms with Crippen LogP contribution in [0.5, 0.6) is 0 Å². The van der Waals surface area contributed by atoms with Gasteiger partial charge in [0.25, 0.3) is 0 Å². The van der Waals surface area contributed by atoms with Crippen LogP contribution in [0, 0.1) is 0 Å². The van der Waals surface area contributed by atoms with Crippen molar-refractivity contribution >= 4 is 5.78 Å². The molecule has 1 atom stereocenters. The molecule has 13 heavy (non-hydrogen) atoms. The lowest BCUT2D eigenvalue weighted by atomic mass is 10.1. The second kappa shape index (κ2) is 7.99. The highest BCUT2D eigenvalue weighted by Gasteiger charge is 2.08. The summed E-state index contributed by atoms with van der Waals surface area (Å²) in [6.45, 7) is 5.57. The van der Waals surface area contributed by atoms with E-state index in [1.807, 2.05) is 20.0 Å². The Balaban J connectivity index is 3.31. The van der Waals surface area contributed by atoms with Crippen molar-refractivity contribution in [3.63, 3.8) is 0 Å². The van der Waals surface area contributed by atoms with Crippen molar-refractivity contribution in [1.29, 1.82) is 0 Å². The second-order valence-electron chi connectivity index (χ2n) is 3.36. The number of nitrogens with one attached hydrogen (secondary N) is 1. The van der Waals surface area contributed by atoms with E-state index in [1.54, 1.807) is 0 Å². The molecule has 0 aromatic carbocycles. The predicted molar refractivity (Wildman–Crippen MR) is 56.8 cm³/mol. The first kappa shape index (κ1) is 12.4. The molecule has 0 bridgehead atoms. The molecule has 2 heteroatoms. The van der Waals surface area contributed by atoms with Crippen molar-refractivity contribution < 1.29 is 4.79 Å². The van der Waals surface area contributed by atoms with Crippen molar-refractivity contribution in [2.45, 2.75) is 45.1 Å². The molecule has 0 heterocycles. The lowest BCUT2D eigenvalue weighted by molar-refractivity contribution is -0.120. The molecule has 0 aromatic rings. The van der Waals surface area contributed by atoms with Crippen LogP contribution in [0.1, 0.15) is 39.0 Å². The van der Waals surface area contributed by atoms with Crippen LogP contribution in [-0.4, -0.2) is 18.9 Å². The van der Waals surface area contributed by atoms with Crippen LogP contribution in [0.15, 0.2) is 12.7 Å². The van der Waals surface area contributed by atoms with Crippen molar-refractivity contribution in [3.8, 4) is 0 Å². The smallest absolute Gasteiger partial charge is 0.149 e. The van der Waals surface area contributed by atoms with Crippen LogP contribution in [0.4, 0.5) is 0 Å². The molecule has 0 fully saturated rings. The molecule has 0 amide bonds. The summed E-state index contributed by atoms with van der Waals surface area (Å²) in [6.07, 6.45) is 7.00. The van der Waals surface area contributed by atoms with Gasteiger partial charge in [-0.25, -0.2) is 0 Å². The van der Waals surface area contributed by atoms with Gasteiger partial charge < -0.3 is 5.32 Å². The topological polar surface area (TPSA) is 29.1 Å². The van der Waals surface area contributed by atoms with Crippen molar-refractivity contribution in [3.05, 3.63) is 12.7 Å². The van der Waals surface area contributed by atoms with Gasteiger partial charge in [0, 0.05) is 6.42 Å². The largest absolute Gasteiger partial charge is 0.311 e. The number of allylic oxidation sites excluding steroid dienone is 1. The van der Waals surface area contributed by atoms with Crippen LogP contribution >= 0.6 is 0 Å². The van der Waals surface area contributed by atoms with Crippen LogP contribution in [-0.2, 0) is 4.79 Å². The maximum Gasteiger partial charge on any atom is 0.149 e. The molecule has 0 radical (unpaired) electrons. The van der Waals surface area contributed by atoms with Crippen molar-refractivity contribution in [1.82, 2.24) is 5.32 Å². The molecular formula is C11H21NO. The van der Waals surface area contributed by atoms with E-state index in [4.69, 9.17) is 0 Å². The summed E-state index contributed by atoms with van der Waals surface area (Å²) in [5.41, 5.74) is 0. The Morgan fingerprint density at radius 2 is 2.15 bits per heavy atom. The summed E-state index contributed by atoms with van der Waals surface area (Å²) < 4.78 is 0. The van der Waals surface area contributed by atoms with Gasteiger partial charge in [0.05, 0.1) is 6.04 Å². The van der Waals surface area contributed by atoms with Gasteiger partial charge in [-0.1, -0.05) is 12.5 Å². The first-order valence-electron chi connectivity index (χ1n) is 5.03. The van der Waals surface area contributed by atoms with Crippen molar-refractivity contribution in [2.75, 3.05) is 7.05 Å². The van der Waals surface area contributed by atoms with E-state index < -0.39 is 0 Å². The summed E-state index contributed by atoms with van der Waals surface area (Å²) in [7, 11) is 1.82. The zero-order valence-electron chi connectivity index (χ0n) is 8.81. The fourth-order valence-electron chi connectivity index (χ4n) is 1.14. The zero-order valence-corrected chi connectivity index (χ0v) is 8.81. The Morgan fingerprint density at radius 1 is 1.46 bits per heavy atom. The normalized spacial score (nSPS) is 12.5. The number of likely N-dealkylation sites (N-methyl/N-ethyl adjacent to an activating group) is 1. The van der Waals surface area contributed by atoms with Gasteiger partial charge in [0.2, 0.25) is 0 Å². The standard InChI is InChI=1S/C11H21NO/c1-4-5-6-7-8-9-11(13)10(2)12-3/h4,10,12H,1,5-9H2,2-3H3. The predicted octanol–water partition coefficient (Wildman–Crippen LogP) is 2.30. The Hall–Kier alpha value is -0.630. The number of ketones is 1. The quantitative estimate of drug-likeness (QED) is 0.462. The lowest BCUT2D eigenvalue weighted by Crippen LogP contribution is -2.30. The van der Waals surface area contributed by atoms with E-state index in [-0.39, 0.29) is 6.04 Å². The molecule has 2 nitrogen and oxygen atoms in total. The van der Waals surface area contributed by atoms with Gasteiger partial charge in [-0.15, -0.1) is 6.58 Å². The van der Waals surface area contributed by atoms with Crippen LogP contribution in [0.25, 0.3) is 0 Å². The fraction of sp³-hybridized carbons (Fsp3) is 0.727. The van der Waals surface area contributed by atoms with Gasteiger partial charge >= 0.3 is 0 Å². The monoisotopic (exact) mass is 183 g/mol. The van der Waals surface area contributed by atoms with Crippen LogP contribution < -0.4 is 5.32 Å². The van der Waals surface area contributed by atoms with E-state index in [9.17, 15) is 4.79 Å². The number of hydrogen-bond donors (Lipinski definition) is 1. The number of carbonyl (C=O) groups excluding carboxylic acids is 1. The first-order chi connectivity index (χ1) is 6.22. The van der Waals surface area contributed by atoms with E-state index in [1.165, 1.54) is 0 Å². The minimum Gasteiger partial charge on any atom is -0.311 e. The van der Waals surface area contributed by atoms with E-state index >= 15 is 0 Å². The lowest BCUT2D eigenvalue weighted by Gasteiger charge is -2.07. The van der Waals surface area contributed by atoms with Crippen LogP contribution in [0.2, 0.25) is 0 Å². The number of hydrogen-bond acceptors (Lipinski definition) is 2. The number of unbranched alkanes of at least 4 members (excludes halogenated alkanes) is 3. The SMILES string of the molecule is C=CCCCCCC(=O)C(C)NC. The summed E-state index contributed by atoms with van der Waals surface area (Å²) >= 11 is 0. The third kappa shape index (κ3) is 6.52. The van der Waals surface area contributed by atoms with Gasteiger partial charge in [-0.3, -0.25) is 4.79 Å². The Labute approximate surface area is 81.4 Å². The van der Waals surface area contributed by atoms with E-state index in [0.29, 0.717) is 12.2 Å². The highest BCUT2D eigenvalue weighted by atomic mass is 16.1. The number of Topliss-reactive ketones (excluding diaryl/α,β-unsaturated/α-hetero) is 1. The Kier molecular flexibility index (Phi) is 7.60. The Morgan fingerprint density at radius 3 is 2.69 bits per heavy atom. The first-order valence-corrected chi connectivity index (χ1v) is 5.03. The fourth-order valence-corrected chi connectivity index (χ4v) is 1.14. The average molecular weight is 183 g/mol. The molecule has 0 saturated heterocycles. The minimum atomic E-state index is 0.0133. The molecule has 0 aliphatic heterocycles. The molecule has 1 unspecified atom stereocenters. The summed E-state index contributed by atoms with van der Waals surface area (Å²) in [4.78, 5) is 11.3. The maximum absolute atomic E-state index is 11.3. The van der Waals surface area contributed by atoms with E-state index in [2.05, 4.69) is 11.9 Å². The zero-order chi connectivity index (χ0) is 10.1. The van der Waals surface area contributed by atoms with Gasteiger partial charge in [-0.05, 0) is 33.2 Å². The summed E-state index contributed by atoms with van der Waals surface area (Å²) in [5.74, 6) is 0.320. The third-order valence-electron chi connectivity index (χ3n) is 2.25. The summed E-state index contributed by atoms with van der Waals surface area (Å²) in [5, 5.41) is 2.95. The molecule has 0 aromatic heterocycles. The van der Waals surface area contributed by atoms with Gasteiger partial charge in [-0.2, -0.15) is 0 Å². The third-order valence-corrected chi connectivity index (χ3v) is 2.25. The van der Waals surface area contributed by atoms with Gasteiger partial charge in [0.1, 0.15) is 5.78 Å². The summed E-state index contributed by atoms with van der Waals surface area (Å²) in [6, 6.07) is 0.0133. The average Bonchev–Trinajstić information content (AvgIpc) is 2.16. The minimum absolute atomic E-state index is 0.0133. The molecular weight excluding hydrogens is 162 g/mol. The molecule has 0 saturated carbocycles. The molecule has 0 aliphatic rings. The highest BCUT2D eigenvalue weighted by Crippen LogP contribution is 2.04. The molecule has 1 N–H and O–H groups in total. The Bertz CT molecular complexity index is 154. The van der Waals surface area contributed by atoms with E-state index in [0.717, 1.165) is 25.7 Å². The van der Waals surface area contributed by atoms with Crippen LogP contribution in [0.3, 0.4) is 0 Å². The second-order valence-corrected chi connectivity index (χ2v) is 3.36. The highest BCUT2D eigenvalue weighted by molar-refractivity contribution is 5.83. The molecule has 76 valence electrons. The molecule has 0 aliphatic carbocycles.